The molecule has 1 aromatic rings. The van der Waals surface area contributed by atoms with Crippen LogP contribution in [0.2, 0.25) is 10.0 Å². The summed E-state index contributed by atoms with van der Waals surface area (Å²) in [6, 6.07) is 2.83. The minimum absolute atomic E-state index is 0.0366. The number of nitrogens with one attached hydrogen (secondary N) is 1. The number of phenolic OH excluding ortho intramolecular Hbond substituents is 1. The fourth-order valence-corrected chi connectivity index (χ4v) is 3.12. The number of piperazine rings is 1. The van der Waals surface area contributed by atoms with Gasteiger partial charge in [0.25, 0.3) is 0 Å². The average molecular weight is 307 g/mol. The highest BCUT2D eigenvalue weighted by Gasteiger charge is 2.26. The molecule has 3 nitrogen and oxygen atoms in total. The van der Waals surface area contributed by atoms with E-state index in [1.54, 1.807) is 6.07 Å². The van der Waals surface area contributed by atoms with Gasteiger partial charge in [-0.05, 0) is 18.6 Å². The van der Waals surface area contributed by atoms with Crippen molar-refractivity contribution in [1.82, 2.24) is 10.2 Å². The fraction of sp³-hybridized carbons (Fsp3) is 0.538. The van der Waals surface area contributed by atoms with Gasteiger partial charge in [0.2, 0.25) is 0 Å². The van der Waals surface area contributed by atoms with Gasteiger partial charge in [-0.15, -0.1) is 0 Å². The number of rotatable bonds is 4. The lowest BCUT2D eigenvalue weighted by Gasteiger charge is -2.35. The summed E-state index contributed by atoms with van der Waals surface area (Å²) in [5.41, 5.74) is 0.575. The van der Waals surface area contributed by atoms with Crippen LogP contribution in [-0.4, -0.2) is 42.9 Å². The van der Waals surface area contributed by atoms with Crippen LogP contribution in [0.15, 0.2) is 12.1 Å². The monoisotopic (exact) mass is 306 g/mol. The van der Waals surface area contributed by atoms with Crippen molar-refractivity contribution < 1.29 is 9.50 Å². The van der Waals surface area contributed by atoms with Crippen LogP contribution in [0, 0.1) is 0 Å². The van der Waals surface area contributed by atoms with E-state index in [9.17, 15) is 9.50 Å². The molecule has 2 rings (SSSR count). The van der Waals surface area contributed by atoms with Crippen molar-refractivity contribution in [2.24, 2.45) is 0 Å². The van der Waals surface area contributed by atoms with E-state index in [-0.39, 0.29) is 11.8 Å². The number of nitrogens with zero attached hydrogens (tertiary/aromatic N) is 1. The molecule has 0 bridgehead atoms. The maximum atomic E-state index is 12.8. The van der Waals surface area contributed by atoms with E-state index < -0.39 is 6.67 Å². The Morgan fingerprint density at radius 1 is 1.32 bits per heavy atom. The number of phenols is 1. The summed E-state index contributed by atoms with van der Waals surface area (Å²) in [5, 5.41) is 14.1. The summed E-state index contributed by atoms with van der Waals surface area (Å²) in [7, 11) is 0. The van der Waals surface area contributed by atoms with Gasteiger partial charge in [-0.2, -0.15) is 0 Å². The van der Waals surface area contributed by atoms with E-state index in [1.807, 2.05) is 0 Å². The lowest BCUT2D eigenvalue weighted by Crippen LogP contribution is -2.45. The fourth-order valence-electron chi connectivity index (χ4n) is 2.51. The molecule has 0 aromatic heterocycles. The Morgan fingerprint density at radius 3 is 2.58 bits per heavy atom. The quantitative estimate of drug-likeness (QED) is 0.897. The van der Waals surface area contributed by atoms with Gasteiger partial charge in [0.05, 0.1) is 11.7 Å². The molecule has 6 heteroatoms. The van der Waals surface area contributed by atoms with Crippen molar-refractivity contribution in [3.05, 3.63) is 27.7 Å². The predicted octanol–water partition coefficient (Wildman–Crippen LogP) is 3.00. The van der Waals surface area contributed by atoms with Crippen LogP contribution in [0.4, 0.5) is 4.39 Å². The van der Waals surface area contributed by atoms with Gasteiger partial charge in [-0.1, -0.05) is 23.2 Å². The number of benzene rings is 1. The van der Waals surface area contributed by atoms with Crippen LogP contribution >= 0.6 is 23.2 Å². The number of alkyl halides is 1. The molecule has 0 saturated carbocycles. The maximum Gasteiger partial charge on any atom is 0.123 e. The SMILES string of the molecule is Oc1cc(Cl)cc(Cl)c1[C@@H](CCF)N1CCNCC1. The van der Waals surface area contributed by atoms with Crippen LogP contribution in [0.25, 0.3) is 0 Å². The first-order valence-electron chi connectivity index (χ1n) is 6.32. The zero-order valence-corrected chi connectivity index (χ0v) is 12.0. The van der Waals surface area contributed by atoms with Crippen molar-refractivity contribution in [1.29, 1.82) is 0 Å². The number of halogens is 3. The lowest BCUT2D eigenvalue weighted by molar-refractivity contribution is 0.155. The van der Waals surface area contributed by atoms with Crippen molar-refractivity contribution >= 4 is 23.2 Å². The van der Waals surface area contributed by atoms with E-state index in [2.05, 4.69) is 10.2 Å². The van der Waals surface area contributed by atoms with E-state index in [4.69, 9.17) is 23.2 Å². The van der Waals surface area contributed by atoms with E-state index in [0.29, 0.717) is 22.0 Å². The molecule has 1 aliphatic rings. The van der Waals surface area contributed by atoms with Crippen molar-refractivity contribution in [3.63, 3.8) is 0 Å². The summed E-state index contributed by atoms with van der Waals surface area (Å²) in [5.74, 6) is 0.0366. The largest absolute Gasteiger partial charge is 0.508 e. The molecule has 0 aliphatic carbocycles. The van der Waals surface area contributed by atoms with E-state index >= 15 is 0 Å². The first kappa shape index (κ1) is 14.9. The topological polar surface area (TPSA) is 35.5 Å². The summed E-state index contributed by atoms with van der Waals surface area (Å²) < 4.78 is 12.8. The molecule has 1 saturated heterocycles. The molecule has 106 valence electrons. The van der Waals surface area contributed by atoms with Gasteiger partial charge in [0, 0.05) is 42.8 Å². The normalized spacial score (nSPS) is 18.5. The van der Waals surface area contributed by atoms with Crippen LogP contribution in [0.3, 0.4) is 0 Å². The standard InChI is InChI=1S/C13H17Cl2FN2O/c14-9-7-10(15)13(12(19)8-9)11(1-2-16)18-5-3-17-4-6-18/h7-8,11,17,19H,1-6H2/t11-/m1/s1. The maximum absolute atomic E-state index is 12.8. The Bertz CT molecular complexity index is 416. The average Bonchev–Trinajstić information content (AvgIpc) is 2.37. The highest BCUT2D eigenvalue weighted by molar-refractivity contribution is 6.35. The second kappa shape index (κ2) is 6.75. The molecule has 1 atom stereocenters. The second-order valence-electron chi connectivity index (χ2n) is 4.60. The third-order valence-electron chi connectivity index (χ3n) is 3.38. The van der Waals surface area contributed by atoms with Crippen molar-refractivity contribution in [2.45, 2.75) is 12.5 Å². The van der Waals surface area contributed by atoms with Gasteiger partial charge < -0.3 is 10.4 Å². The minimum atomic E-state index is -0.451. The highest BCUT2D eigenvalue weighted by atomic mass is 35.5. The zero-order valence-electron chi connectivity index (χ0n) is 10.5. The van der Waals surface area contributed by atoms with Crippen molar-refractivity contribution in [2.75, 3.05) is 32.9 Å². The highest BCUT2D eigenvalue weighted by Crippen LogP contribution is 2.39. The molecule has 1 aromatic carbocycles. The second-order valence-corrected chi connectivity index (χ2v) is 5.44. The van der Waals surface area contributed by atoms with Crippen LogP contribution in [0.1, 0.15) is 18.0 Å². The van der Waals surface area contributed by atoms with E-state index in [1.165, 1.54) is 6.07 Å². The number of hydrogen-bond donors (Lipinski definition) is 2. The minimum Gasteiger partial charge on any atom is -0.508 e. The van der Waals surface area contributed by atoms with Gasteiger partial charge in [-0.3, -0.25) is 9.29 Å². The van der Waals surface area contributed by atoms with E-state index in [0.717, 1.165) is 26.2 Å². The summed E-state index contributed by atoms with van der Waals surface area (Å²) >= 11 is 12.0. The Morgan fingerprint density at radius 2 is 2.00 bits per heavy atom. The number of hydrogen-bond acceptors (Lipinski definition) is 3. The van der Waals surface area contributed by atoms with Gasteiger partial charge in [-0.25, -0.2) is 0 Å². The molecule has 2 N–H and O–H groups in total. The molecule has 0 spiro atoms. The van der Waals surface area contributed by atoms with Crippen LogP contribution in [-0.2, 0) is 0 Å². The molecule has 0 amide bonds. The third kappa shape index (κ3) is 3.51. The molecule has 19 heavy (non-hydrogen) atoms. The van der Waals surface area contributed by atoms with Crippen LogP contribution in [0.5, 0.6) is 5.75 Å². The first-order valence-corrected chi connectivity index (χ1v) is 7.07. The Kier molecular flexibility index (Phi) is 5.28. The summed E-state index contributed by atoms with van der Waals surface area (Å²) in [6.45, 7) is 2.88. The summed E-state index contributed by atoms with van der Waals surface area (Å²) in [6.07, 6.45) is 0.314. The van der Waals surface area contributed by atoms with Gasteiger partial charge in [0.15, 0.2) is 0 Å². The Labute approximate surface area is 122 Å². The third-order valence-corrected chi connectivity index (χ3v) is 3.91. The molecule has 1 fully saturated rings. The molecular formula is C13H17Cl2FN2O. The first-order chi connectivity index (χ1) is 9.13. The van der Waals surface area contributed by atoms with Crippen molar-refractivity contribution in [3.8, 4) is 5.75 Å². The number of aromatic hydroxyl groups is 1. The summed E-state index contributed by atoms with van der Waals surface area (Å²) in [4.78, 5) is 2.14. The van der Waals surface area contributed by atoms with Gasteiger partial charge in [0.1, 0.15) is 5.75 Å². The van der Waals surface area contributed by atoms with Crippen LogP contribution < -0.4 is 5.32 Å². The zero-order chi connectivity index (χ0) is 13.8. The van der Waals surface area contributed by atoms with Gasteiger partial charge >= 0.3 is 0 Å². The molecule has 1 aliphatic heterocycles. The molecule has 0 radical (unpaired) electrons. The lowest BCUT2D eigenvalue weighted by atomic mass is 10.0. The molecular weight excluding hydrogens is 290 g/mol. The molecule has 1 heterocycles. The predicted molar refractivity (Wildman–Crippen MR) is 75.9 cm³/mol. The Hall–Kier alpha value is -0.550. The Balaban J connectivity index is 2.32. The molecule has 0 unspecified atom stereocenters. The smallest absolute Gasteiger partial charge is 0.123 e.